The molecule has 0 spiro atoms. The molecule has 0 amide bonds. The van der Waals surface area contributed by atoms with Gasteiger partial charge < -0.3 is 19.3 Å². The molecule has 0 aromatic heterocycles. The van der Waals surface area contributed by atoms with E-state index in [1.807, 2.05) is 0 Å². The summed E-state index contributed by atoms with van der Waals surface area (Å²) in [4.78, 5) is 35.5. The van der Waals surface area contributed by atoms with Crippen molar-refractivity contribution in [2.45, 2.75) is 6.42 Å². The lowest BCUT2D eigenvalue weighted by Crippen LogP contribution is -2.03. The van der Waals surface area contributed by atoms with E-state index in [0.717, 1.165) is 6.08 Å². The summed E-state index contributed by atoms with van der Waals surface area (Å²) in [6.07, 6.45) is 6.24. The van der Waals surface area contributed by atoms with E-state index in [2.05, 4.69) is 6.58 Å². The first-order valence-corrected chi connectivity index (χ1v) is 9.16. The van der Waals surface area contributed by atoms with Crippen molar-refractivity contribution in [2.24, 2.45) is 0 Å². The Morgan fingerprint density at radius 2 is 1.55 bits per heavy atom. The molecular weight excluding hydrogens is 400 g/mol. The van der Waals surface area contributed by atoms with Crippen molar-refractivity contribution in [2.75, 3.05) is 14.2 Å². The van der Waals surface area contributed by atoms with Crippen LogP contribution >= 0.6 is 0 Å². The summed E-state index contributed by atoms with van der Waals surface area (Å²) in [5.74, 6) is -0.477. The molecule has 2 aromatic rings. The van der Waals surface area contributed by atoms with Crippen LogP contribution in [0, 0.1) is 0 Å². The van der Waals surface area contributed by atoms with E-state index in [4.69, 9.17) is 14.2 Å². The van der Waals surface area contributed by atoms with Crippen LogP contribution in [0.4, 0.5) is 0 Å². The molecule has 0 aliphatic heterocycles. The average molecular weight is 422 g/mol. The van der Waals surface area contributed by atoms with Crippen molar-refractivity contribution < 1.29 is 33.7 Å². The van der Waals surface area contributed by atoms with E-state index in [0.29, 0.717) is 22.6 Å². The fourth-order valence-electron chi connectivity index (χ4n) is 2.50. The van der Waals surface area contributed by atoms with Gasteiger partial charge in [-0.15, -0.1) is 0 Å². The van der Waals surface area contributed by atoms with Crippen LogP contribution in [0.1, 0.15) is 17.5 Å². The first-order valence-electron chi connectivity index (χ1n) is 9.16. The Balaban J connectivity index is 2.02. The van der Waals surface area contributed by atoms with Crippen LogP contribution in [-0.4, -0.2) is 36.9 Å². The third-order valence-electron chi connectivity index (χ3n) is 4.00. The van der Waals surface area contributed by atoms with Gasteiger partial charge in [0.05, 0.1) is 20.6 Å². The van der Waals surface area contributed by atoms with E-state index in [-0.39, 0.29) is 17.9 Å². The average Bonchev–Trinajstić information content (AvgIpc) is 2.76. The molecule has 0 aliphatic rings. The zero-order valence-electron chi connectivity index (χ0n) is 17.2. The van der Waals surface area contributed by atoms with Gasteiger partial charge in [0, 0.05) is 12.1 Å². The number of hydrogen-bond acceptors (Lipinski definition) is 7. The van der Waals surface area contributed by atoms with E-state index >= 15 is 0 Å². The highest BCUT2D eigenvalue weighted by Crippen LogP contribution is 2.27. The number of carbonyl (C=O) groups is 3. The zero-order valence-corrected chi connectivity index (χ0v) is 17.2. The van der Waals surface area contributed by atoms with E-state index in [1.54, 1.807) is 24.3 Å². The maximum Gasteiger partial charge on any atom is 0.335 e. The number of carbonyl (C=O) groups excluding carboxylic acids is 3. The standard InChI is InChI=1S/C24H22O7/c1-4-24(28)31-21-12-17(11-20(15-21)29-2)6-9-19(26)14-18(25)8-5-16-7-10-23(30-3)22(27)13-16/h4-13,15,27H,1,14H2,2-3H3/b8-5+,9-6+. The number of phenolic OH excluding ortho intramolecular Hbond substituents is 1. The summed E-state index contributed by atoms with van der Waals surface area (Å²) in [6, 6.07) is 9.40. The molecule has 0 saturated heterocycles. The largest absolute Gasteiger partial charge is 0.504 e. The second-order valence-corrected chi connectivity index (χ2v) is 6.27. The maximum absolute atomic E-state index is 12.1. The second-order valence-electron chi connectivity index (χ2n) is 6.27. The van der Waals surface area contributed by atoms with Gasteiger partial charge in [-0.3, -0.25) is 9.59 Å². The predicted octanol–water partition coefficient (Wildman–Crippen LogP) is 3.76. The van der Waals surface area contributed by atoms with Gasteiger partial charge >= 0.3 is 5.97 Å². The Bertz CT molecular complexity index is 1050. The van der Waals surface area contributed by atoms with Gasteiger partial charge in [-0.25, -0.2) is 4.79 Å². The van der Waals surface area contributed by atoms with Gasteiger partial charge in [0.1, 0.15) is 11.5 Å². The van der Waals surface area contributed by atoms with E-state index in [9.17, 15) is 19.5 Å². The molecule has 160 valence electrons. The van der Waals surface area contributed by atoms with Crippen LogP contribution in [0.2, 0.25) is 0 Å². The van der Waals surface area contributed by atoms with Gasteiger partial charge in [0.2, 0.25) is 0 Å². The number of allylic oxidation sites excluding steroid dienone is 2. The highest BCUT2D eigenvalue weighted by molar-refractivity contribution is 6.10. The molecule has 2 rings (SSSR count). The molecule has 31 heavy (non-hydrogen) atoms. The smallest absolute Gasteiger partial charge is 0.335 e. The Morgan fingerprint density at radius 3 is 2.13 bits per heavy atom. The second kappa shape index (κ2) is 11.2. The Hall–Kier alpha value is -4.13. The van der Waals surface area contributed by atoms with Crippen LogP contribution in [0.5, 0.6) is 23.0 Å². The number of phenols is 1. The highest BCUT2D eigenvalue weighted by Gasteiger charge is 2.07. The molecule has 0 saturated carbocycles. The van der Waals surface area contributed by atoms with Crippen LogP contribution in [0.3, 0.4) is 0 Å². The molecule has 2 aromatic carbocycles. The monoisotopic (exact) mass is 422 g/mol. The maximum atomic E-state index is 12.1. The summed E-state index contributed by atoms with van der Waals surface area (Å²) in [5, 5.41) is 9.75. The number of esters is 1. The Labute approximate surface area is 179 Å². The SMILES string of the molecule is C=CC(=O)Oc1cc(/C=C/C(=O)CC(=O)/C=C/c2ccc(OC)c(O)c2)cc(OC)c1. The van der Waals surface area contributed by atoms with Gasteiger partial charge in [0.25, 0.3) is 0 Å². The first-order chi connectivity index (χ1) is 14.8. The number of ketones is 2. The van der Waals surface area contributed by atoms with Gasteiger partial charge in [-0.05, 0) is 47.5 Å². The number of benzene rings is 2. The number of methoxy groups -OCH3 is 2. The molecule has 7 nitrogen and oxygen atoms in total. The van der Waals surface area contributed by atoms with E-state index < -0.39 is 17.5 Å². The van der Waals surface area contributed by atoms with Crippen molar-refractivity contribution in [3.63, 3.8) is 0 Å². The van der Waals surface area contributed by atoms with Crippen LogP contribution < -0.4 is 14.2 Å². The fraction of sp³-hybridized carbons (Fsp3) is 0.125. The molecule has 0 unspecified atom stereocenters. The molecule has 1 N–H and O–H groups in total. The molecule has 0 aliphatic carbocycles. The van der Waals surface area contributed by atoms with Crippen LogP contribution in [0.15, 0.2) is 61.2 Å². The zero-order chi connectivity index (χ0) is 22.8. The Morgan fingerprint density at radius 1 is 0.903 bits per heavy atom. The van der Waals surface area contributed by atoms with Crippen LogP contribution in [0.25, 0.3) is 12.2 Å². The molecular formula is C24H22O7. The molecule has 0 heterocycles. The highest BCUT2D eigenvalue weighted by atomic mass is 16.5. The topological polar surface area (TPSA) is 99.1 Å². The summed E-state index contributed by atoms with van der Waals surface area (Å²) in [5.41, 5.74) is 1.14. The summed E-state index contributed by atoms with van der Waals surface area (Å²) >= 11 is 0. The summed E-state index contributed by atoms with van der Waals surface area (Å²) < 4.78 is 15.2. The lowest BCUT2D eigenvalue weighted by molar-refractivity contribution is -0.129. The first kappa shape index (κ1) is 23.2. The van der Waals surface area contributed by atoms with Crippen molar-refractivity contribution in [3.05, 3.63) is 72.3 Å². The molecule has 7 heteroatoms. The summed E-state index contributed by atoms with van der Waals surface area (Å²) in [6.45, 7) is 3.34. The van der Waals surface area contributed by atoms with Crippen molar-refractivity contribution in [1.29, 1.82) is 0 Å². The number of ether oxygens (including phenoxy) is 3. The fourth-order valence-corrected chi connectivity index (χ4v) is 2.50. The van der Waals surface area contributed by atoms with E-state index in [1.165, 1.54) is 50.7 Å². The van der Waals surface area contributed by atoms with Crippen molar-refractivity contribution >= 4 is 29.7 Å². The molecule has 0 bridgehead atoms. The van der Waals surface area contributed by atoms with Crippen LogP contribution in [-0.2, 0) is 14.4 Å². The quantitative estimate of drug-likeness (QED) is 0.269. The number of rotatable bonds is 10. The lowest BCUT2D eigenvalue weighted by atomic mass is 10.1. The number of hydrogen-bond donors (Lipinski definition) is 1. The van der Waals surface area contributed by atoms with Crippen molar-refractivity contribution in [3.8, 4) is 23.0 Å². The molecule has 0 radical (unpaired) electrons. The lowest BCUT2D eigenvalue weighted by Gasteiger charge is -2.06. The third-order valence-corrected chi connectivity index (χ3v) is 4.00. The minimum absolute atomic E-state index is 0.0486. The van der Waals surface area contributed by atoms with Gasteiger partial charge in [-0.2, -0.15) is 0 Å². The number of aromatic hydroxyl groups is 1. The summed E-state index contributed by atoms with van der Waals surface area (Å²) in [7, 11) is 2.90. The molecule has 0 atom stereocenters. The van der Waals surface area contributed by atoms with Gasteiger partial charge in [0.15, 0.2) is 23.1 Å². The predicted molar refractivity (Wildman–Crippen MR) is 116 cm³/mol. The van der Waals surface area contributed by atoms with Gasteiger partial charge in [-0.1, -0.05) is 24.8 Å². The minimum atomic E-state index is -0.623. The molecule has 0 fully saturated rings. The minimum Gasteiger partial charge on any atom is -0.504 e. The third kappa shape index (κ3) is 7.32. The normalized spacial score (nSPS) is 10.8. The Kier molecular flexibility index (Phi) is 8.33. The van der Waals surface area contributed by atoms with Crippen molar-refractivity contribution in [1.82, 2.24) is 0 Å².